The summed E-state index contributed by atoms with van der Waals surface area (Å²) in [6, 6.07) is 11.7. The van der Waals surface area contributed by atoms with E-state index in [0.29, 0.717) is 18.3 Å². The van der Waals surface area contributed by atoms with Gasteiger partial charge in [0.15, 0.2) is 5.96 Å². The molecule has 0 aliphatic heterocycles. The van der Waals surface area contributed by atoms with Gasteiger partial charge in [-0.25, -0.2) is 4.98 Å². The van der Waals surface area contributed by atoms with Crippen LogP contribution in [0.4, 0.5) is 11.5 Å². The van der Waals surface area contributed by atoms with Gasteiger partial charge in [-0.05, 0) is 43.0 Å². The third kappa shape index (κ3) is 7.16. The van der Waals surface area contributed by atoms with E-state index in [1.165, 1.54) is 11.1 Å². The van der Waals surface area contributed by atoms with Crippen LogP contribution in [-0.4, -0.2) is 23.4 Å². The van der Waals surface area contributed by atoms with Gasteiger partial charge in [0.1, 0.15) is 5.82 Å². The number of amides is 1. The average Bonchev–Trinajstić information content (AvgIpc) is 2.61. The Labute approximate surface area is 178 Å². The molecule has 7 heteroatoms. The van der Waals surface area contributed by atoms with E-state index >= 15 is 0 Å². The van der Waals surface area contributed by atoms with E-state index in [4.69, 9.17) is 5.73 Å². The van der Waals surface area contributed by atoms with Crippen LogP contribution in [0, 0.1) is 6.92 Å². The van der Waals surface area contributed by atoms with E-state index in [1.54, 1.807) is 6.07 Å². The molecular formula is C20H28IN5O. The van der Waals surface area contributed by atoms with Crippen LogP contribution in [0.1, 0.15) is 37.1 Å². The Morgan fingerprint density at radius 2 is 1.70 bits per heavy atom. The molecule has 0 radical (unpaired) electrons. The van der Waals surface area contributed by atoms with Gasteiger partial charge in [-0.15, -0.1) is 24.0 Å². The maximum Gasteiger partial charge on any atom is 0.227 e. The number of nitrogens with one attached hydrogen (secondary N) is 2. The molecule has 0 aliphatic rings. The summed E-state index contributed by atoms with van der Waals surface area (Å²) >= 11 is 0. The zero-order chi connectivity index (χ0) is 18.9. The van der Waals surface area contributed by atoms with Crippen LogP contribution in [0.3, 0.4) is 0 Å². The van der Waals surface area contributed by atoms with Crippen molar-refractivity contribution in [3.63, 3.8) is 0 Å². The Morgan fingerprint density at radius 1 is 1.07 bits per heavy atom. The standard InChI is InChI=1S/C20H27N5O.HI/c1-4-15-9-7-10-16(5-2)19(15)25-20(21)22-13-12-18(26)24-17-11-6-8-14(3)23-17;/h6-11H,4-5,12-13H2,1-3H3,(H3,21,22,25)(H,23,24,26);1H. The number of anilines is 2. The fourth-order valence-electron chi connectivity index (χ4n) is 2.67. The number of aryl methyl sites for hydroxylation is 3. The molecule has 146 valence electrons. The summed E-state index contributed by atoms with van der Waals surface area (Å²) in [6.07, 6.45) is 2.07. The third-order valence-electron chi connectivity index (χ3n) is 4.03. The second-order valence-corrected chi connectivity index (χ2v) is 6.01. The van der Waals surface area contributed by atoms with Crippen LogP contribution in [-0.2, 0) is 17.6 Å². The Balaban J connectivity index is 0.00000364. The molecule has 1 heterocycles. The minimum absolute atomic E-state index is 0. The number of halogens is 1. The molecule has 2 aromatic rings. The normalized spacial score (nSPS) is 10.9. The number of pyridine rings is 1. The van der Waals surface area contributed by atoms with Crippen molar-refractivity contribution < 1.29 is 4.79 Å². The van der Waals surface area contributed by atoms with Crippen LogP contribution in [0.15, 0.2) is 41.4 Å². The monoisotopic (exact) mass is 481 g/mol. The first-order chi connectivity index (χ1) is 12.5. The molecule has 0 bridgehead atoms. The van der Waals surface area contributed by atoms with E-state index in [-0.39, 0.29) is 36.3 Å². The van der Waals surface area contributed by atoms with Crippen molar-refractivity contribution in [2.45, 2.75) is 40.0 Å². The molecule has 0 fully saturated rings. The molecule has 0 atom stereocenters. The number of benzene rings is 1. The molecule has 6 nitrogen and oxygen atoms in total. The van der Waals surface area contributed by atoms with Gasteiger partial charge >= 0.3 is 0 Å². The summed E-state index contributed by atoms with van der Waals surface area (Å²) < 4.78 is 0. The van der Waals surface area contributed by atoms with Gasteiger partial charge in [0, 0.05) is 17.8 Å². The van der Waals surface area contributed by atoms with E-state index in [0.717, 1.165) is 24.2 Å². The lowest BCUT2D eigenvalue weighted by molar-refractivity contribution is -0.116. The number of hydrogen-bond donors (Lipinski definition) is 3. The molecule has 0 spiro atoms. The second kappa shape index (κ2) is 11.5. The lowest BCUT2D eigenvalue weighted by Gasteiger charge is -2.14. The SMILES string of the molecule is CCc1cccc(CC)c1NC(N)=NCCC(=O)Nc1cccc(C)n1.I. The van der Waals surface area contributed by atoms with Gasteiger partial charge in [0.25, 0.3) is 0 Å². The van der Waals surface area contributed by atoms with Crippen LogP contribution >= 0.6 is 24.0 Å². The molecule has 27 heavy (non-hydrogen) atoms. The quantitative estimate of drug-likeness (QED) is 0.318. The fourth-order valence-corrected chi connectivity index (χ4v) is 2.67. The van der Waals surface area contributed by atoms with E-state index < -0.39 is 0 Å². The van der Waals surface area contributed by atoms with Gasteiger partial charge < -0.3 is 16.4 Å². The molecule has 0 aliphatic carbocycles. The highest BCUT2D eigenvalue weighted by Gasteiger charge is 2.07. The smallest absolute Gasteiger partial charge is 0.227 e. The number of guanidine groups is 1. The van der Waals surface area contributed by atoms with E-state index in [9.17, 15) is 4.79 Å². The minimum Gasteiger partial charge on any atom is -0.370 e. The van der Waals surface area contributed by atoms with E-state index in [1.807, 2.05) is 19.1 Å². The number of hydrogen-bond acceptors (Lipinski definition) is 3. The topological polar surface area (TPSA) is 92.4 Å². The van der Waals surface area contributed by atoms with Crippen molar-refractivity contribution in [3.05, 3.63) is 53.2 Å². The lowest BCUT2D eigenvalue weighted by atomic mass is 10.0. The summed E-state index contributed by atoms with van der Waals surface area (Å²) in [6.45, 7) is 6.41. The number of aromatic nitrogens is 1. The van der Waals surface area contributed by atoms with E-state index in [2.05, 4.69) is 52.7 Å². The van der Waals surface area contributed by atoms with Gasteiger partial charge in [0.05, 0.1) is 6.54 Å². The van der Waals surface area contributed by atoms with Crippen molar-refractivity contribution in [2.24, 2.45) is 10.7 Å². The highest BCUT2D eigenvalue weighted by Crippen LogP contribution is 2.22. The number of carbonyl (C=O) groups is 1. The van der Waals surface area contributed by atoms with Crippen molar-refractivity contribution in [1.82, 2.24) is 4.98 Å². The number of para-hydroxylation sites is 1. The second-order valence-electron chi connectivity index (χ2n) is 6.01. The first-order valence-corrected chi connectivity index (χ1v) is 8.94. The zero-order valence-electron chi connectivity index (χ0n) is 16.1. The van der Waals surface area contributed by atoms with Gasteiger partial charge in [-0.3, -0.25) is 9.79 Å². The number of rotatable bonds is 7. The molecule has 0 saturated carbocycles. The van der Waals surface area contributed by atoms with Gasteiger partial charge in [0.2, 0.25) is 5.91 Å². The fraction of sp³-hybridized carbons (Fsp3) is 0.350. The van der Waals surface area contributed by atoms with Crippen LogP contribution in [0.5, 0.6) is 0 Å². The third-order valence-corrected chi connectivity index (χ3v) is 4.03. The summed E-state index contributed by atoms with van der Waals surface area (Å²) in [4.78, 5) is 20.5. The maximum atomic E-state index is 12.0. The summed E-state index contributed by atoms with van der Waals surface area (Å²) in [5.74, 6) is 0.736. The highest BCUT2D eigenvalue weighted by molar-refractivity contribution is 14.0. The van der Waals surface area contributed by atoms with Crippen LogP contribution in [0.2, 0.25) is 0 Å². The largest absolute Gasteiger partial charge is 0.370 e. The zero-order valence-corrected chi connectivity index (χ0v) is 18.4. The minimum atomic E-state index is -0.136. The molecule has 0 saturated heterocycles. The summed E-state index contributed by atoms with van der Waals surface area (Å²) in [5.41, 5.74) is 10.3. The summed E-state index contributed by atoms with van der Waals surface area (Å²) in [7, 11) is 0. The van der Waals surface area contributed by atoms with Crippen molar-refractivity contribution in [2.75, 3.05) is 17.2 Å². The number of aliphatic imine (C=N–C) groups is 1. The molecule has 4 N–H and O–H groups in total. The Kier molecular flexibility index (Phi) is 9.77. The Morgan fingerprint density at radius 3 is 2.30 bits per heavy atom. The van der Waals surface area contributed by atoms with Crippen LogP contribution in [0.25, 0.3) is 0 Å². The van der Waals surface area contributed by atoms with Crippen molar-refractivity contribution >= 4 is 47.3 Å². The number of nitrogens with zero attached hydrogens (tertiary/aromatic N) is 2. The molecular weight excluding hydrogens is 453 g/mol. The van der Waals surface area contributed by atoms with Crippen molar-refractivity contribution in [3.8, 4) is 0 Å². The maximum absolute atomic E-state index is 12.0. The molecule has 1 aromatic carbocycles. The predicted molar refractivity (Wildman–Crippen MR) is 123 cm³/mol. The molecule has 2 rings (SSSR count). The molecule has 1 aromatic heterocycles. The number of carbonyl (C=O) groups excluding carboxylic acids is 1. The Bertz CT molecular complexity index is 769. The van der Waals surface area contributed by atoms with Crippen LogP contribution < -0.4 is 16.4 Å². The predicted octanol–water partition coefficient (Wildman–Crippen LogP) is 3.89. The first-order valence-electron chi connectivity index (χ1n) is 8.94. The van der Waals surface area contributed by atoms with Gasteiger partial charge in [-0.1, -0.05) is 38.1 Å². The Hall–Kier alpha value is -2.16. The summed E-state index contributed by atoms with van der Waals surface area (Å²) in [5, 5.41) is 5.96. The van der Waals surface area contributed by atoms with Gasteiger partial charge in [-0.2, -0.15) is 0 Å². The highest BCUT2D eigenvalue weighted by atomic mass is 127. The first kappa shape index (κ1) is 22.9. The average molecular weight is 481 g/mol. The lowest BCUT2D eigenvalue weighted by Crippen LogP contribution is -2.25. The van der Waals surface area contributed by atoms with Crippen molar-refractivity contribution in [1.29, 1.82) is 0 Å². The molecule has 0 unspecified atom stereocenters. The number of nitrogens with two attached hydrogens (primary N) is 1. The molecule has 1 amide bonds.